The van der Waals surface area contributed by atoms with Crippen LogP contribution in [0.25, 0.3) is 0 Å². The van der Waals surface area contributed by atoms with Gasteiger partial charge >= 0.3 is 0 Å². The summed E-state index contributed by atoms with van der Waals surface area (Å²) in [6.45, 7) is 7.78. The van der Waals surface area contributed by atoms with E-state index in [0.29, 0.717) is 6.04 Å². The molecule has 3 heteroatoms. The van der Waals surface area contributed by atoms with Gasteiger partial charge in [0.15, 0.2) is 0 Å². The molecule has 1 aliphatic rings. The zero-order chi connectivity index (χ0) is 13.0. The van der Waals surface area contributed by atoms with Crippen LogP contribution in [-0.4, -0.2) is 41.3 Å². The molecule has 0 aromatic heterocycles. The summed E-state index contributed by atoms with van der Waals surface area (Å²) >= 11 is 0. The van der Waals surface area contributed by atoms with Gasteiger partial charge in [-0.1, -0.05) is 30.3 Å². The van der Waals surface area contributed by atoms with E-state index in [4.69, 9.17) is 5.11 Å². The molecule has 0 spiro atoms. The summed E-state index contributed by atoms with van der Waals surface area (Å²) in [6, 6.07) is 11.0. The second-order valence-electron chi connectivity index (χ2n) is 5.77. The highest BCUT2D eigenvalue weighted by Crippen LogP contribution is 2.22. The van der Waals surface area contributed by atoms with Crippen LogP contribution >= 0.6 is 0 Å². The minimum absolute atomic E-state index is 0.168. The molecule has 1 atom stereocenters. The monoisotopic (exact) mass is 248 g/mol. The molecule has 18 heavy (non-hydrogen) atoms. The maximum Gasteiger partial charge on any atom is 0.0446 e. The first-order valence-corrected chi connectivity index (χ1v) is 6.75. The Balaban J connectivity index is 2.03. The van der Waals surface area contributed by atoms with Crippen molar-refractivity contribution in [3.05, 3.63) is 35.9 Å². The molecular formula is C15H24N2O. The first-order valence-electron chi connectivity index (χ1n) is 6.75. The van der Waals surface area contributed by atoms with Crippen molar-refractivity contribution in [1.82, 2.24) is 10.2 Å². The number of rotatable bonds is 4. The Morgan fingerprint density at radius 2 is 2.06 bits per heavy atom. The Labute approximate surface area is 110 Å². The van der Waals surface area contributed by atoms with Gasteiger partial charge in [-0.25, -0.2) is 0 Å². The smallest absolute Gasteiger partial charge is 0.0446 e. The number of aliphatic hydroxyl groups is 1. The van der Waals surface area contributed by atoms with Gasteiger partial charge in [0.05, 0.1) is 0 Å². The Bertz CT molecular complexity index is 364. The first kappa shape index (κ1) is 13.5. The second-order valence-corrected chi connectivity index (χ2v) is 5.77. The highest BCUT2D eigenvalue weighted by molar-refractivity contribution is 5.15. The third-order valence-corrected chi connectivity index (χ3v) is 3.81. The summed E-state index contributed by atoms with van der Waals surface area (Å²) in [5.41, 5.74) is 1.53. The number of benzene rings is 1. The van der Waals surface area contributed by atoms with Crippen molar-refractivity contribution < 1.29 is 5.11 Å². The first-order chi connectivity index (χ1) is 8.62. The molecule has 0 aliphatic carbocycles. The largest absolute Gasteiger partial charge is 0.396 e. The van der Waals surface area contributed by atoms with Crippen LogP contribution < -0.4 is 5.32 Å². The van der Waals surface area contributed by atoms with E-state index in [1.165, 1.54) is 5.56 Å². The lowest BCUT2D eigenvalue weighted by Gasteiger charge is -2.46. The molecule has 1 unspecified atom stereocenters. The van der Waals surface area contributed by atoms with Crippen LogP contribution in [0.2, 0.25) is 0 Å². The predicted molar refractivity (Wildman–Crippen MR) is 74.4 cm³/mol. The molecule has 2 N–H and O–H groups in total. The average Bonchev–Trinajstić information content (AvgIpc) is 2.35. The number of piperazine rings is 1. The molecule has 0 bridgehead atoms. The fourth-order valence-corrected chi connectivity index (χ4v) is 2.52. The predicted octanol–water partition coefficient (Wildman–Crippen LogP) is 1.62. The molecule has 1 aromatic rings. The summed E-state index contributed by atoms with van der Waals surface area (Å²) in [5, 5.41) is 12.6. The highest BCUT2D eigenvalue weighted by atomic mass is 16.3. The lowest BCUT2D eigenvalue weighted by Crippen LogP contribution is -2.61. The summed E-state index contributed by atoms with van der Waals surface area (Å²) in [5.74, 6) is 0. The van der Waals surface area contributed by atoms with E-state index in [9.17, 15) is 0 Å². The molecule has 0 radical (unpaired) electrons. The topological polar surface area (TPSA) is 35.5 Å². The molecule has 0 saturated carbocycles. The molecule has 1 aromatic carbocycles. The third kappa shape index (κ3) is 3.31. The Kier molecular flexibility index (Phi) is 4.38. The number of nitrogens with one attached hydrogen (secondary N) is 1. The van der Waals surface area contributed by atoms with E-state index in [1.54, 1.807) is 0 Å². The molecule has 100 valence electrons. The van der Waals surface area contributed by atoms with Gasteiger partial charge in [0.25, 0.3) is 0 Å². The highest BCUT2D eigenvalue weighted by Gasteiger charge is 2.33. The van der Waals surface area contributed by atoms with E-state index in [-0.39, 0.29) is 12.1 Å². The molecule has 1 heterocycles. The summed E-state index contributed by atoms with van der Waals surface area (Å²) in [6.07, 6.45) is 0.835. The van der Waals surface area contributed by atoms with Gasteiger partial charge in [-0.2, -0.15) is 0 Å². The third-order valence-electron chi connectivity index (χ3n) is 3.81. The van der Waals surface area contributed by atoms with Crippen molar-refractivity contribution in [1.29, 1.82) is 0 Å². The summed E-state index contributed by atoms with van der Waals surface area (Å²) in [7, 11) is 0. The van der Waals surface area contributed by atoms with Crippen LogP contribution in [-0.2, 0) is 6.54 Å². The SMILES string of the molecule is CC1(C)CNC(CCO)CN1Cc1ccccc1. The van der Waals surface area contributed by atoms with E-state index < -0.39 is 0 Å². The molecule has 3 nitrogen and oxygen atoms in total. The van der Waals surface area contributed by atoms with Crippen molar-refractivity contribution in [3.63, 3.8) is 0 Å². The molecule has 2 rings (SSSR count). The van der Waals surface area contributed by atoms with Gasteiger partial charge in [0.2, 0.25) is 0 Å². The summed E-state index contributed by atoms with van der Waals surface area (Å²) in [4.78, 5) is 2.51. The second kappa shape index (κ2) is 5.83. The number of nitrogens with zero attached hydrogens (tertiary/aromatic N) is 1. The zero-order valence-electron chi connectivity index (χ0n) is 11.4. The fourth-order valence-electron chi connectivity index (χ4n) is 2.52. The van der Waals surface area contributed by atoms with E-state index in [0.717, 1.165) is 26.1 Å². The van der Waals surface area contributed by atoms with Crippen molar-refractivity contribution in [2.24, 2.45) is 0 Å². The number of aliphatic hydroxyl groups excluding tert-OH is 1. The van der Waals surface area contributed by atoms with Crippen molar-refractivity contribution in [3.8, 4) is 0 Å². The van der Waals surface area contributed by atoms with E-state index in [1.807, 2.05) is 0 Å². The van der Waals surface area contributed by atoms with Gasteiger partial charge in [0.1, 0.15) is 0 Å². The lowest BCUT2D eigenvalue weighted by molar-refractivity contribution is 0.0520. The minimum Gasteiger partial charge on any atom is -0.396 e. The maximum atomic E-state index is 9.07. The standard InChI is InChI=1S/C15H24N2O/c1-15(2)12-16-14(8-9-18)11-17(15)10-13-6-4-3-5-7-13/h3-7,14,16,18H,8-12H2,1-2H3. The van der Waals surface area contributed by atoms with Crippen LogP contribution in [0.15, 0.2) is 30.3 Å². The van der Waals surface area contributed by atoms with Crippen molar-refractivity contribution in [2.45, 2.75) is 38.4 Å². The maximum absolute atomic E-state index is 9.07. The van der Waals surface area contributed by atoms with Crippen molar-refractivity contribution >= 4 is 0 Å². The quantitative estimate of drug-likeness (QED) is 0.850. The number of hydrogen-bond donors (Lipinski definition) is 2. The van der Waals surface area contributed by atoms with Gasteiger partial charge < -0.3 is 10.4 Å². The minimum atomic E-state index is 0.168. The summed E-state index contributed by atoms with van der Waals surface area (Å²) < 4.78 is 0. The zero-order valence-corrected chi connectivity index (χ0v) is 11.4. The van der Waals surface area contributed by atoms with Gasteiger partial charge in [-0.05, 0) is 25.8 Å². The average molecular weight is 248 g/mol. The normalized spacial score (nSPS) is 24.1. The van der Waals surface area contributed by atoms with E-state index >= 15 is 0 Å². The van der Waals surface area contributed by atoms with Crippen LogP contribution in [0.1, 0.15) is 25.8 Å². The fraction of sp³-hybridized carbons (Fsp3) is 0.600. The molecule has 1 fully saturated rings. The van der Waals surface area contributed by atoms with Crippen molar-refractivity contribution in [2.75, 3.05) is 19.7 Å². The van der Waals surface area contributed by atoms with Gasteiger partial charge in [0, 0.05) is 37.8 Å². The Morgan fingerprint density at radius 1 is 1.33 bits per heavy atom. The Morgan fingerprint density at radius 3 is 2.72 bits per heavy atom. The van der Waals surface area contributed by atoms with Gasteiger partial charge in [-0.3, -0.25) is 4.90 Å². The van der Waals surface area contributed by atoms with E-state index in [2.05, 4.69) is 54.4 Å². The number of hydrogen-bond acceptors (Lipinski definition) is 3. The van der Waals surface area contributed by atoms with Crippen LogP contribution in [0.3, 0.4) is 0 Å². The Hall–Kier alpha value is -0.900. The van der Waals surface area contributed by atoms with Crippen LogP contribution in [0.5, 0.6) is 0 Å². The lowest BCUT2D eigenvalue weighted by atomic mass is 9.95. The molecule has 1 aliphatic heterocycles. The molecular weight excluding hydrogens is 224 g/mol. The van der Waals surface area contributed by atoms with Crippen LogP contribution in [0.4, 0.5) is 0 Å². The molecule has 1 saturated heterocycles. The van der Waals surface area contributed by atoms with Gasteiger partial charge in [-0.15, -0.1) is 0 Å². The van der Waals surface area contributed by atoms with Crippen LogP contribution in [0, 0.1) is 0 Å². The molecule has 0 amide bonds.